The molecule has 2 aromatic rings. The zero-order valence-electron chi connectivity index (χ0n) is 11.1. The van der Waals surface area contributed by atoms with Crippen molar-refractivity contribution in [3.8, 4) is 11.5 Å². The lowest BCUT2D eigenvalue weighted by atomic mass is 10.00. The van der Waals surface area contributed by atoms with E-state index in [0.717, 1.165) is 25.9 Å². The zero-order valence-corrected chi connectivity index (χ0v) is 11.1. The van der Waals surface area contributed by atoms with Gasteiger partial charge in [-0.3, -0.25) is 4.79 Å². The molecular formula is C14H17N3O3. The van der Waals surface area contributed by atoms with E-state index in [9.17, 15) is 4.79 Å². The van der Waals surface area contributed by atoms with Gasteiger partial charge < -0.3 is 19.6 Å². The maximum absolute atomic E-state index is 12.0. The number of piperidine rings is 1. The van der Waals surface area contributed by atoms with Crippen molar-refractivity contribution in [2.75, 3.05) is 19.6 Å². The quantitative estimate of drug-likeness (QED) is 0.887. The molecule has 6 nitrogen and oxygen atoms in total. The molecule has 2 aromatic heterocycles. The molecule has 1 fully saturated rings. The summed E-state index contributed by atoms with van der Waals surface area (Å²) in [6, 6.07) is 5.11. The molecule has 0 spiro atoms. The summed E-state index contributed by atoms with van der Waals surface area (Å²) in [4.78, 5) is 12.0. The molecule has 3 rings (SSSR count). The van der Waals surface area contributed by atoms with E-state index in [1.54, 1.807) is 24.5 Å². The fourth-order valence-corrected chi connectivity index (χ4v) is 2.34. The Balaban J connectivity index is 1.57. The Morgan fingerprint density at radius 1 is 1.50 bits per heavy atom. The van der Waals surface area contributed by atoms with Gasteiger partial charge >= 0.3 is 0 Å². The third-order valence-electron chi connectivity index (χ3n) is 3.46. The average Bonchev–Trinajstić information content (AvgIpc) is 3.16. The highest BCUT2D eigenvalue weighted by Gasteiger charge is 2.17. The molecule has 20 heavy (non-hydrogen) atoms. The lowest BCUT2D eigenvalue weighted by Gasteiger charge is -2.22. The summed E-state index contributed by atoms with van der Waals surface area (Å²) in [6.07, 6.45) is 3.85. The molecule has 1 unspecified atom stereocenters. The molecule has 106 valence electrons. The number of nitrogens with zero attached hydrogens (tertiary/aromatic N) is 1. The molecule has 3 heterocycles. The summed E-state index contributed by atoms with van der Waals surface area (Å²) >= 11 is 0. The summed E-state index contributed by atoms with van der Waals surface area (Å²) < 4.78 is 10.3. The van der Waals surface area contributed by atoms with E-state index in [4.69, 9.17) is 8.94 Å². The number of carbonyl (C=O) groups is 1. The van der Waals surface area contributed by atoms with E-state index in [1.165, 1.54) is 0 Å². The minimum Gasteiger partial charge on any atom is -0.461 e. The van der Waals surface area contributed by atoms with Crippen molar-refractivity contribution < 1.29 is 13.7 Å². The van der Waals surface area contributed by atoms with Crippen LogP contribution in [0, 0.1) is 5.92 Å². The Kier molecular flexibility index (Phi) is 3.83. The van der Waals surface area contributed by atoms with Gasteiger partial charge in [-0.25, -0.2) is 0 Å². The van der Waals surface area contributed by atoms with Crippen LogP contribution in [0.3, 0.4) is 0 Å². The number of aromatic nitrogens is 1. The number of rotatable bonds is 4. The lowest BCUT2D eigenvalue weighted by molar-refractivity contribution is 0.0936. The van der Waals surface area contributed by atoms with Gasteiger partial charge in [0.2, 0.25) is 5.76 Å². The molecule has 1 atom stereocenters. The second-order valence-electron chi connectivity index (χ2n) is 4.98. The van der Waals surface area contributed by atoms with Gasteiger partial charge in [0.25, 0.3) is 5.91 Å². The molecule has 0 saturated carbocycles. The first-order valence-corrected chi connectivity index (χ1v) is 6.82. The molecule has 1 saturated heterocycles. The third kappa shape index (κ3) is 2.91. The van der Waals surface area contributed by atoms with Crippen LogP contribution < -0.4 is 10.6 Å². The van der Waals surface area contributed by atoms with E-state index < -0.39 is 0 Å². The van der Waals surface area contributed by atoms with Crippen LogP contribution in [0.4, 0.5) is 0 Å². The first-order chi connectivity index (χ1) is 9.83. The fourth-order valence-electron chi connectivity index (χ4n) is 2.34. The average molecular weight is 275 g/mol. The Hall–Kier alpha value is -2.08. The van der Waals surface area contributed by atoms with E-state index in [1.807, 2.05) is 0 Å². The maximum Gasteiger partial charge on any atom is 0.273 e. The van der Waals surface area contributed by atoms with Crippen LogP contribution in [-0.2, 0) is 0 Å². The highest BCUT2D eigenvalue weighted by atomic mass is 16.5. The second-order valence-corrected chi connectivity index (χ2v) is 4.98. The Labute approximate surface area is 116 Å². The van der Waals surface area contributed by atoms with Gasteiger partial charge in [0.05, 0.1) is 6.26 Å². The number of nitrogens with one attached hydrogen (secondary N) is 2. The largest absolute Gasteiger partial charge is 0.461 e. The third-order valence-corrected chi connectivity index (χ3v) is 3.46. The van der Waals surface area contributed by atoms with Crippen LogP contribution in [0.1, 0.15) is 23.3 Å². The van der Waals surface area contributed by atoms with Gasteiger partial charge in [-0.05, 0) is 44.0 Å². The van der Waals surface area contributed by atoms with Crippen molar-refractivity contribution in [3.63, 3.8) is 0 Å². The summed E-state index contributed by atoms with van der Waals surface area (Å²) in [7, 11) is 0. The lowest BCUT2D eigenvalue weighted by Crippen LogP contribution is -2.38. The molecule has 0 aromatic carbocycles. The Morgan fingerprint density at radius 2 is 2.45 bits per heavy atom. The van der Waals surface area contributed by atoms with Gasteiger partial charge in [-0.1, -0.05) is 5.16 Å². The van der Waals surface area contributed by atoms with Crippen LogP contribution in [0.25, 0.3) is 11.5 Å². The summed E-state index contributed by atoms with van der Waals surface area (Å²) in [5.41, 5.74) is 0.278. The van der Waals surface area contributed by atoms with Crippen molar-refractivity contribution in [3.05, 3.63) is 30.2 Å². The number of hydrogen-bond acceptors (Lipinski definition) is 5. The van der Waals surface area contributed by atoms with Crippen LogP contribution in [0.15, 0.2) is 33.4 Å². The van der Waals surface area contributed by atoms with Gasteiger partial charge in [-0.15, -0.1) is 0 Å². The summed E-state index contributed by atoms with van der Waals surface area (Å²) in [5.74, 6) is 1.30. The van der Waals surface area contributed by atoms with Crippen LogP contribution in [0.2, 0.25) is 0 Å². The van der Waals surface area contributed by atoms with E-state index in [0.29, 0.717) is 24.0 Å². The number of furan rings is 1. The standard InChI is InChI=1S/C14H17N3O3/c18-14(16-9-10-3-1-5-15-8-10)11-7-13(20-17-11)12-4-2-6-19-12/h2,4,6-7,10,15H,1,3,5,8-9H2,(H,16,18). The van der Waals surface area contributed by atoms with Gasteiger partial charge in [-0.2, -0.15) is 0 Å². The molecule has 0 bridgehead atoms. The molecule has 1 aliphatic heterocycles. The molecule has 1 aliphatic rings. The van der Waals surface area contributed by atoms with E-state index in [2.05, 4.69) is 15.8 Å². The van der Waals surface area contributed by atoms with Crippen molar-refractivity contribution in [1.29, 1.82) is 0 Å². The smallest absolute Gasteiger partial charge is 0.273 e. The van der Waals surface area contributed by atoms with Crippen molar-refractivity contribution in [1.82, 2.24) is 15.8 Å². The molecule has 1 amide bonds. The highest BCUT2D eigenvalue weighted by Crippen LogP contribution is 2.20. The molecule has 2 N–H and O–H groups in total. The Bertz CT molecular complexity index is 556. The van der Waals surface area contributed by atoms with Crippen molar-refractivity contribution in [2.45, 2.75) is 12.8 Å². The highest BCUT2D eigenvalue weighted by molar-refractivity contribution is 5.92. The van der Waals surface area contributed by atoms with E-state index >= 15 is 0 Å². The van der Waals surface area contributed by atoms with Gasteiger partial charge in [0, 0.05) is 12.6 Å². The van der Waals surface area contributed by atoms with Crippen molar-refractivity contribution in [2.24, 2.45) is 5.92 Å². The van der Waals surface area contributed by atoms with Crippen LogP contribution in [-0.4, -0.2) is 30.7 Å². The maximum atomic E-state index is 12.0. The SMILES string of the molecule is O=C(NCC1CCCNC1)c1cc(-c2ccco2)on1. The normalized spacial score (nSPS) is 18.9. The van der Waals surface area contributed by atoms with Crippen LogP contribution in [0.5, 0.6) is 0 Å². The topological polar surface area (TPSA) is 80.3 Å². The summed E-state index contributed by atoms with van der Waals surface area (Å²) in [6.45, 7) is 2.69. The first kappa shape index (κ1) is 12.9. The van der Waals surface area contributed by atoms with Gasteiger partial charge in [0.15, 0.2) is 11.5 Å². The summed E-state index contributed by atoms with van der Waals surface area (Å²) in [5, 5.41) is 9.99. The predicted molar refractivity (Wildman–Crippen MR) is 72.1 cm³/mol. The first-order valence-electron chi connectivity index (χ1n) is 6.82. The number of carbonyl (C=O) groups excluding carboxylic acids is 1. The Morgan fingerprint density at radius 3 is 3.20 bits per heavy atom. The fraction of sp³-hybridized carbons (Fsp3) is 0.429. The second kappa shape index (κ2) is 5.92. The zero-order chi connectivity index (χ0) is 13.8. The van der Waals surface area contributed by atoms with Crippen molar-refractivity contribution >= 4 is 5.91 Å². The monoisotopic (exact) mass is 275 g/mol. The van der Waals surface area contributed by atoms with E-state index in [-0.39, 0.29) is 11.6 Å². The molecule has 6 heteroatoms. The molecule has 0 radical (unpaired) electrons. The molecular weight excluding hydrogens is 258 g/mol. The minimum atomic E-state index is -0.211. The number of hydrogen-bond donors (Lipinski definition) is 2. The minimum absolute atomic E-state index is 0.211. The predicted octanol–water partition coefficient (Wildman–Crippen LogP) is 1.66. The number of amides is 1. The van der Waals surface area contributed by atoms with Gasteiger partial charge in [0.1, 0.15) is 0 Å². The van der Waals surface area contributed by atoms with Crippen LogP contribution >= 0.6 is 0 Å². The molecule has 0 aliphatic carbocycles.